The van der Waals surface area contributed by atoms with Crippen molar-refractivity contribution < 1.29 is 26.6 Å². The molecule has 8 heteroatoms. The Hall–Kier alpha value is -0.0662. The Bertz CT molecular complexity index is 398. The molecule has 0 aliphatic heterocycles. The van der Waals surface area contributed by atoms with Crippen molar-refractivity contribution in [3.8, 4) is 0 Å². The zero-order valence-corrected chi connectivity index (χ0v) is 26.7. The van der Waals surface area contributed by atoms with E-state index in [9.17, 15) is 0 Å². The summed E-state index contributed by atoms with van der Waals surface area (Å²) in [6, 6.07) is 1.35. The van der Waals surface area contributed by atoms with Gasteiger partial charge >= 0.3 is 17.6 Å². The highest BCUT2D eigenvalue weighted by atomic mass is 28.4. The SMILES string of the molecule is CCCCO[Si](C/C=C/C[Si](OCCCC)(OCCCC)OCCCC)(OCCCC)OCCCC. The molecule has 0 spiro atoms. The van der Waals surface area contributed by atoms with Crippen LogP contribution in [0.3, 0.4) is 0 Å². The number of unbranched alkanes of at least 4 members (excludes halogenated alkanes) is 6. The average Bonchev–Trinajstić information content (AvgIpc) is 2.87. The van der Waals surface area contributed by atoms with Gasteiger partial charge in [-0.15, -0.1) is 0 Å². The van der Waals surface area contributed by atoms with Crippen LogP contribution in [0.1, 0.15) is 119 Å². The number of allylic oxidation sites excluding steroid dienone is 2. The summed E-state index contributed by atoms with van der Waals surface area (Å²) < 4.78 is 38.4. The molecule has 36 heavy (non-hydrogen) atoms. The first-order chi connectivity index (χ1) is 17.6. The van der Waals surface area contributed by atoms with Crippen LogP contribution in [-0.2, 0) is 26.6 Å². The third kappa shape index (κ3) is 18.2. The minimum Gasteiger partial charge on any atom is -0.373 e. The quantitative estimate of drug-likeness (QED) is 0.0556. The van der Waals surface area contributed by atoms with Crippen LogP contribution in [0.2, 0.25) is 12.1 Å². The fourth-order valence-corrected chi connectivity index (χ4v) is 8.14. The molecule has 0 bridgehead atoms. The van der Waals surface area contributed by atoms with Crippen molar-refractivity contribution in [3.05, 3.63) is 12.2 Å². The van der Waals surface area contributed by atoms with E-state index in [1.54, 1.807) is 0 Å². The molecule has 0 aromatic heterocycles. The molecule has 216 valence electrons. The normalized spacial score (nSPS) is 12.7. The standard InChI is InChI=1S/C28H60O6Si2/c1-7-13-21-29-35(30-22-14-8-2,31-23-15-9-3)27-19-20-28-36(32-24-16-10-4,33-25-17-11-5)34-26-18-12-6/h19-20H,7-18,21-28H2,1-6H3/b20-19+. The Labute approximate surface area is 226 Å². The van der Waals surface area contributed by atoms with Crippen LogP contribution in [0.5, 0.6) is 0 Å². The lowest BCUT2D eigenvalue weighted by atomic mass is 10.4. The molecule has 0 aliphatic carbocycles. The molecule has 0 amide bonds. The van der Waals surface area contributed by atoms with Crippen LogP contribution in [0.4, 0.5) is 0 Å². The van der Waals surface area contributed by atoms with Crippen LogP contribution in [0.25, 0.3) is 0 Å². The molecule has 0 aromatic carbocycles. The van der Waals surface area contributed by atoms with Crippen LogP contribution in [0, 0.1) is 0 Å². The summed E-state index contributed by atoms with van der Waals surface area (Å²) in [7, 11) is -5.58. The van der Waals surface area contributed by atoms with Gasteiger partial charge in [0.25, 0.3) is 0 Å². The largest absolute Gasteiger partial charge is 0.504 e. The Morgan fingerprint density at radius 3 is 0.722 bits per heavy atom. The van der Waals surface area contributed by atoms with Gasteiger partial charge in [-0.05, 0) is 38.5 Å². The highest BCUT2D eigenvalue weighted by Crippen LogP contribution is 2.22. The summed E-state index contributed by atoms with van der Waals surface area (Å²) in [5.41, 5.74) is 0. The van der Waals surface area contributed by atoms with Gasteiger partial charge in [0, 0.05) is 51.7 Å². The fraction of sp³-hybridized carbons (Fsp3) is 0.929. The Balaban J connectivity index is 5.53. The Kier molecular flexibility index (Phi) is 25.2. The van der Waals surface area contributed by atoms with Gasteiger partial charge in [0.1, 0.15) is 0 Å². The topological polar surface area (TPSA) is 55.4 Å². The molecule has 0 heterocycles. The Morgan fingerprint density at radius 1 is 0.361 bits per heavy atom. The van der Waals surface area contributed by atoms with Crippen molar-refractivity contribution in [1.82, 2.24) is 0 Å². The van der Waals surface area contributed by atoms with Crippen LogP contribution in [-0.4, -0.2) is 57.3 Å². The zero-order valence-electron chi connectivity index (χ0n) is 24.7. The predicted molar refractivity (Wildman–Crippen MR) is 155 cm³/mol. The van der Waals surface area contributed by atoms with E-state index in [1.807, 2.05) is 0 Å². The molecule has 0 unspecified atom stereocenters. The maximum atomic E-state index is 6.39. The van der Waals surface area contributed by atoms with Gasteiger partial charge in [-0.3, -0.25) is 0 Å². The maximum absolute atomic E-state index is 6.39. The monoisotopic (exact) mass is 548 g/mol. The second-order valence-corrected chi connectivity index (χ2v) is 14.7. The lowest BCUT2D eigenvalue weighted by Gasteiger charge is -2.30. The lowest BCUT2D eigenvalue weighted by molar-refractivity contribution is 0.0574. The molecule has 0 fully saturated rings. The van der Waals surface area contributed by atoms with Crippen LogP contribution < -0.4 is 0 Å². The van der Waals surface area contributed by atoms with E-state index < -0.39 is 17.6 Å². The molecular formula is C28H60O6Si2. The molecular weight excluding hydrogens is 488 g/mol. The van der Waals surface area contributed by atoms with Gasteiger partial charge < -0.3 is 26.6 Å². The lowest BCUT2D eigenvalue weighted by Crippen LogP contribution is -2.47. The van der Waals surface area contributed by atoms with E-state index in [4.69, 9.17) is 26.6 Å². The first-order valence-corrected chi connectivity index (χ1v) is 18.9. The summed E-state index contributed by atoms with van der Waals surface area (Å²) in [5, 5.41) is 0. The van der Waals surface area contributed by atoms with Crippen LogP contribution in [0.15, 0.2) is 12.2 Å². The third-order valence-corrected chi connectivity index (χ3v) is 11.2. The Morgan fingerprint density at radius 2 is 0.556 bits per heavy atom. The van der Waals surface area contributed by atoms with Gasteiger partial charge in [-0.25, -0.2) is 0 Å². The van der Waals surface area contributed by atoms with Gasteiger partial charge in [0.05, 0.1) is 0 Å². The fourth-order valence-electron chi connectivity index (χ4n) is 3.29. The summed E-state index contributed by atoms with van der Waals surface area (Å²) in [6.45, 7) is 17.2. The van der Waals surface area contributed by atoms with Crippen molar-refractivity contribution in [2.24, 2.45) is 0 Å². The molecule has 0 aromatic rings. The minimum atomic E-state index is -2.79. The summed E-state index contributed by atoms with van der Waals surface area (Å²) in [5.74, 6) is 0. The second kappa shape index (κ2) is 25.2. The minimum absolute atomic E-state index is 0.674. The van der Waals surface area contributed by atoms with Gasteiger partial charge in [-0.2, -0.15) is 0 Å². The first kappa shape index (κ1) is 35.9. The van der Waals surface area contributed by atoms with Gasteiger partial charge in [-0.1, -0.05) is 92.2 Å². The second-order valence-electron chi connectivity index (χ2n) is 9.46. The van der Waals surface area contributed by atoms with E-state index >= 15 is 0 Å². The number of hydrogen-bond acceptors (Lipinski definition) is 6. The molecule has 0 rings (SSSR count). The van der Waals surface area contributed by atoms with E-state index in [0.29, 0.717) is 51.7 Å². The molecule has 0 atom stereocenters. The molecule has 0 saturated heterocycles. The molecule has 0 saturated carbocycles. The van der Waals surface area contributed by atoms with Crippen LogP contribution >= 0.6 is 0 Å². The average molecular weight is 549 g/mol. The van der Waals surface area contributed by atoms with E-state index in [0.717, 1.165) is 77.0 Å². The summed E-state index contributed by atoms with van der Waals surface area (Å²) in [6.07, 6.45) is 17.0. The van der Waals surface area contributed by atoms with Gasteiger partial charge in [0.2, 0.25) is 0 Å². The smallest absolute Gasteiger partial charge is 0.373 e. The predicted octanol–water partition coefficient (Wildman–Crippen LogP) is 8.32. The zero-order chi connectivity index (χ0) is 26.8. The number of rotatable bonds is 28. The molecule has 0 aliphatic rings. The highest BCUT2D eigenvalue weighted by Gasteiger charge is 2.42. The summed E-state index contributed by atoms with van der Waals surface area (Å²) >= 11 is 0. The van der Waals surface area contributed by atoms with Crippen molar-refractivity contribution in [2.75, 3.05) is 39.6 Å². The van der Waals surface area contributed by atoms with Crippen molar-refractivity contribution in [1.29, 1.82) is 0 Å². The van der Waals surface area contributed by atoms with Crippen molar-refractivity contribution in [2.45, 2.75) is 131 Å². The van der Waals surface area contributed by atoms with E-state index in [-0.39, 0.29) is 0 Å². The molecule has 6 nitrogen and oxygen atoms in total. The van der Waals surface area contributed by atoms with Crippen molar-refractivity contribution in [3.63, 3.8) is 0 Å². The highest BCUT2D eigenvalue weighted by molar-refractivity contribution is 6.62. The first-order valence-electron chi connectivity index (χ1n) is 15.1. The van der Waals surface area contributed by atoms with Gasteiger partial charge in [0.15, 0.2) is 0 Å². The molecule has 0 radical (unpaired) electrons. The van der Waals surface area contributed by atoms with Crippen molar-refractivity contribution >= 4 is 17.6 Å². The van der Waals surface area contributed by atoms with E-state index in [2.05, 4.69) is 53.7 Å². The maximum Gasteiger partial charge on any atom is 0.504 e. The summed E-state index contributed by atoms with van der Waals surface area (Å²) in [4.78, 5) is 0. The third-order valence-electron chi connectivity index (χ3n) is 5.82. The number of hydrogen-bond donors (Lipinski definition) is 0. The molecule has 0 N–H and O–H groups in total. The van der Waals surface area contributed by atoms with E-state index in [1.165, 1.54) is 0 Å².